The Balaban J connectivity index is 1.62. The molecule has 35 heavy (non-hydrogen) atoms. The van der Waals surface area contributed by atoms with Gasteiger partial charge in [0.1, 0.15) is 17.6 Å². The molecule has 3 aromatic rings. The first kappa shape index (κ1) is 24.1. The summed E-state index contributed by atoms with van der Waals surface area (Å²) in [5.41, 5.74) is 0.0125. The van der Waals surface area contributed by atoms with E-state index in [-0.39, 0.29) is 46.9 Å². The van der Waals surface area contributed by atoms with Crippen molar-refractivity contribution in [2.45, 2.75) is 31.7 Å². The summed E-state index contributed by atoms with van der Waals surface area (Å²) in [7, 11) is 0. The Kier molecular flexibility index (Phi) is 7.23. The zero-order chi connectivity index (χ0) is 24.9. The number of carbonyl (C=O) groups is 1. The highest BCUT2D eigenvalue weighted by Crippen LogP contribution is 2.42. The molecule has 3 atom stereocenters. The van der Waals surface area contributed by atoms with E-state index in [1.54, 1.807) is 24.3 Å². The monoisotopic (exact) mass is 481 g/mol. The fourth-order valence-corrected chi connectivity index (χ4v) is 4.00. The molecule has 2 aromatic carbocycles. The summed E-state index contributed by atoms with van der Waals surface area (Å²) in [5.74, 6) is -1.08. The second kappa shape index (κ2) is 10.5. The van der Waals surface area contributed by atoms with E-state index in [1.165, 1.54) is 24.5 Å². The number of hydrogen-bond donors (Lipinski definition) is 2. The molecule has 1 aromatic heterocycles. The van der Waals surface area contributed by atoms with Gasteiger partial charge in [-0.25, -0.2) is 0 Å². The molecule has 0 radical (unpaired) electrons. The van der Waals surface area contributed by atoms with Gasteiger partial charge in [0.2, 0.25) is 5.43 Å². The van der Waals surface area contributed by atoms with Gasteiger partial charge < -0.3 is 24.1 Å². The first-order valence-electron chi connectivity index (χ1n) is 11.0. The van der Waals surface area contributed by atoms with E-state index >= 15 is 0 Å². The largest absolute Gasteiger partial charge is 0.508 e. The average Bonchev–Trinajstić information content (AvgIpc) is 2.84. The molecule has 1 fully saturated rings. The average molecular weight is 481 g/mol. The number of nitro benzene ring substituents is 1. The van der Waals surface area contributed by atoms with E-state index in [2.05, 4.69) is 0 Å². The van der Waals surface area contributed by atoms with E-state index < -0.39 is 28.7 Å². The Hall–Kier alpha value is -4.02. The maximum Gasteiger partial charge on any atom is 0.303 e. The van der Waals surface area contributed by atoms with Crippen LogP contribution < -0.4 is 5.43 Å². The lowest BCUT2D eigenvalue weighted by Crippen LogP contribution is -2.32. The third-order valence-electron chi connectivity index (χ3n) is 5.78. The van der Waals surface area contributed by atoms with Crippen LogP contribution in [0.1, 0.15) is 42.8 Å². The van der Waals surface area contributed by atoms with Crippen molar-refractivity contribution < 1.29 is 33.8 Å². The first-order valence-corrected chi connectivity index (χ1v) is 11.0. The molecule has 2 N–H and O–H groups in total. The van der Waals surface area contributed by atoms with Crippen molar-refractivity contribution in [1.82, 2.24) is 0 Å². The van der Waals surface area contributed by atoms with Gasteiger partial charge in [-0.15, -0.1) is 0 Å². The zero-order valence-corrected chi connectivity index (χ0v) is 18.5. The maximum atomic E-state index is 13.1. The lowest BCUT2D eigenvalue weighted by molar-refractivity contribution is -0.384. The number of nitro groups is 1. The lowest BCUT2D eigenvalue weighted by atomic mass is 9.91. The topological polar surface area (TPSA) is 149 Å². The van der Waals surface area contributed by atoms with Crippen LogP contribution in [0, 0.1) is 16.0 Å². The molecule has 0 aliphatic carbocycles. The van der Waals surface area contributed by atoms with Crippen molar-refractivity contribution in [1.29, 1.82) is 0 Å². The summed E-state index contributed by atoms with van der Waals surface area (Å²) in [5, 5.41) is 30.4. The van der Waals surface area contributed by atoms with Crippen LogP contribution in [0.2, 0.25) is 0 Å². The number of phenolic OH excluding ortho intramolecular Hbond substituents is 1. The Labute approximate surface area is 199 Å². The zero-order valence-electron chi connectivity index (χ0n) is 18.5. The van der Waals surface area contributed by atoms with Crippen LogP contribution in [0.3, 0.4) is 0 Å². The second-order valence-corrected chi connectivity index (χ2v) is 8.14. The highest BCUT2D eigenvalue weighted by Gasteiger charge is 2.36. The van der Waals surface area contributed by atoms with E-state index in [1.807, 2.05) is 6.08 Å². The van der Waals surface area contributed by atoms with Gasteiger partial charge in [0.05, 0.1) is 28.6 Å². The molecule has 0 spiro atoms. The number of aliphatic carboxylic acids is 1. The number of allylic oxidation sites excluding steroid dienone is 2. The molecule has 0 unspecified atom stereocenters. The van der Waals surface area contributed by atoms with Gasteiger partial charge in [0.25, 0.3) is 5.69 Å². The molecule has 2 heterocycles. The molecule has 0 bridgehead atoms. The normalized spacial score (nSPS) is 20.3. The first-order chi connectivity index (χ1) is 16.8. The Morgan fingerprint density at radius 1 is 1.17 bits per heavy atom. The van der Waals surface area contributed by atoms with Crippen molar-refractivity contribution in [2.75, 3.05) is 6.61 Å². The van der Waals surface area contributed by atoms with Gasteiger partial charge in [-0.1, -0.05) is 30.4 Å². The number of phenols is 1. The number of hydrogen-bond acceptors (Lipinski definition) is 8. The summed E-state index contributed by atoms with van der Waals surface area (Å²) in [6.07, 6.45) is 3.97. The minimum Gasteiger partial charge on any atom is -0.508 e. The predicted octanol–water partition coefficient (Wildman–Crippen LogP) is 4.62. The molecular weight excluding hydrogens is 458 g/mol. The van der Waals surface area contributed by atoms with Gasteiger partial charge in [0, 0.05) is 30.0 Å². The van der Waals surface area contributed by atoms with Gasteiger partial charge >= 0.3 is 5.97 Å². The molecule has 4 rings (SSSR count). The molecular formula is C25H23NO9. The van der Waals surface area contributed by atoms with Crippen molar-refractivity contribution >= 4 is 22.6 Å². The minimum absolute atomic E-state index is 0.0229. The number of carboxylic acid groups (broad SMARTS) is 1. The lowest BCUT2D eigenvalue weighted by Gasteiger charge is -2.36. The van der Waals surface area contributed by atoms with E-state index in [4.69, 9.17) is 19.0 Å². The van der Waals surface area contributed by atoms with Crippen molar-refractivity contribution in [3.05, 3.63) is 92.3 Å². The highest BCUT2D eigenvalue weighted by molar-refractivity contribution is 5.79. The van der Waals surface area contributed by atoms with Crippen LogP contribution in [-0.4, -0.2) is 27.7 Å². The molecule has 1 aliphatic rings. The van der Waals surface area contributed by atoms with Gasteiger partial charge in [0.15, 0.2) is 6.29 Å². The van der Waals surface area contributed by atoms with Gasteiger partial charge in [-0.2, -0.15) is 0 Å². The molecule has 1 saturated heterocycles. The molecule has 0 amide bonds. The number of aromatic hydroxyl groups is 1. The van der Waals surface area contributed by atoms with Crippen molar-refractivity contribution in [3.63, 3.8) is 0 Å². The van der Waals surface area contributed by atoms with Crippen molar-refractivity contribution in [3.8, 4) is 5.75 Å². The van der Waals surface area contributed by atoms with Crippen LogP contribution in [0.25, 0.3) is 11.0 Å². The number of fused-ring (bicyclic) bond motifs is 1. The van der Waals surface area contributed by atoms with Gasteiger partial charge in [-0.05, 0) is 25.0 Å². The third kappa shape index (κ3) is 5.39. The van der Waals surface area contributed by atoms with Crippen LogP contribution in [0.5, 0.6) is 5.75 Å². The summed E-state index contributed by atoms with van der Waals surface area (Å²) < 4.78 is 17.5. The van der Waals surface area contributed by atoms with Crippen LogP contribution >= 0.6 is 0 Å². The standard InChI is InChI=1S/C25H23NO9/c27-20-8-5-4-7-17(20)24-15(6-2-1-3-9-22(28)29)13-34-25(35-24)19-14-33-21-11-10-16(26(31)32)12-18(21)23(19)30/h1-2,4-5,7-8,10-12,14-15,24-25,27H,3,6,9,13H2,(H,28,29)/b2-1+/t15-,24+,25+/m1/s1. The predicted molar refractivity (Wildman–Crippen MR) is 124 cm³/mol. The fraction of sp³-hybridized carbons (Fsp3) is 0.280. The number of rotatable bonds is 8. The highest BCUT2D eigenvalue weighted by atomic mass is 16.7. The molecule has 0 saturated carbocycles. The van der Waals surface area contributed by atoms with E-state index in [0.29, 0.717) is 18.4 Å². The summed E-state index contributed by atoms with van der Waals surface area (Å²) in [4.78, 5) is 34.4. The second-order valence-electron chi connectivity index (χ2n) is 8.14. The Bertz CT molecular complexity index is 1330. The van der Waals surface area contributed by atoms with Crippen LogP contribution in [0.15, 0.2) is 70.1 Å². The smallest absolute Gasteiger partial charge is 0.303 e. The molecule has 1 aliphatic heterocycles. The number of benzene rings is 2. The quantitative estimate of drug-likeness (QED) is 0.267. The van der Waals surface area contributed by atoms with Gasteiger partial charge in [-0.3, -0.25) is 19.7 Å². The number of carboxylic acids is 1. The van der Waals surface area contributed by atoms with E-state index in [0.717, 1.165) is 6.07 Å². The SMILES string of the molecule is O=C(O)CC/C=C/C[C@@H]1CO[C@H](c2coc3ccc([N+](=O)[O-])cc3c2=O)O[C@@H]1c1ccccc1O. The maximum absolute atomic E-state index is 13.1. The number of non-ortho nitro benzene ring substituents is 1. The summed E-state index contributed by atoms with van der Waals surface area (Å²) >= 11 is 0. The molecule has 182 valence electrons. The van der Waals surface area contributed by atoms with E-state index in [9.17, 15) is 24.8 Å². The molecule has 10 nitrogen and oxygen atoms in total. The number of ether oxygens (including phenoxy) is 2. The summed E-state index contributed by atoms with van der Waals surface area (Å²) in [6.45, 7) is 0.180. The number of para-hydroxylation sites is 1. The Morgan fingerprint density at radius 2 is 1.97 bits per heavy atom. The summed E-state index contributed by atoms with van der Waals surface area (Å²) in [6, 6.07) is 10.5. The van der Waals surface area contributed by atoms with Crippen LogP contribution in [0.4, 0.5) is 5.69 Å². The number of nitrogens with zero attached hydrogens (tertiary/aromatic N) is 1. The third-order valence-corrected chi connectivity index (χ3v) is 5.78. The minimum atomic E-state index is -1.12. The Morgan fingerprint density at radius 3 is 2.71 bits per heavy atom. The fourth-order valence-electron chi connectivity index (χ4n) is 4.00. The van der Waals surface area contributed by atoms with Crippen LogP contribution in [-0.2, 0) is 14.3 Å². The van der Waals surface area contributed by atoms with Crippen molar-refractivity contribution in [2.24, 2.45) is 5.92 Å². The molecule has 10 heteroatoms.